The summed E-state index contributed by atoms with van der Waals surface area (Å²) in [5.41, 5.74) is 1.05. The smallest absolute Gasteiger partial charge is 0.193 e. The number of guanidine groups is 1. The second-order valence-electron chi connectivity index (χ2n) is 6.38. The van der Waals surface area contributed by atoms with Crippen LogP contribution in [0.2, 0.25) is 5.02 Å². The van der Waals surface area contributed by atoms with E-state index < -0.39 is 0 Å². The molecule has 0 aliphatic carbocycles. The first kappa shape index (κ1) is 21.0. The summed E-state index contributed by atoms with van der Waals surface area (Å²) in [6.45, 7) is 4.61. The maximum absolute atomic E-state index is 6.09. The predicted molar refractivity (Wildman–Crippen MR) is 105 cm³/mol. The van der Waals surface area contributed by atoms with Gasteiger partial charge in [-0.1, -0.05) is 23.7 Å². The van der Waals surface area contributed by atoms with Crippen molar-refractivity contribution < 1.29 is 14.2 Å². The fourth-order valence-corrected chi connectivity index (χ4v) is 3.31. The van der Waals surface area contributed by atoms with E-state index in [9.17, 15) is 0 Å². The number of rotatable bonds is 9. The molecule has 0 bridgehead atoms. The number of nitrogens with zero attached hydrogens (tertiary/aromatic N) is 2. The lowest BCUT2D eigenvalue weighted by atomic mass is 10.1. The fraction of sp³-hybridized carbons (Fsp3) is 0.632. The number of halogens is 1. The van der Waals surface area contributed by atoms with E-state index >= 15 is 0 Å². The molecular weight excluding hydrogens is 354 g/mol. The minimum absolute atomic E-state index is 0.0822. The SMILES string of the molecule is CN=C(NCC(OC)c1cccc(Cl)c1)N1CCC(COCCOC)C1. The normalized spacial score (nSPS) is 19.0. The molecule has 1 aromatic carbocycles. The number of methoxy groups -OCH3 is 2. The summed E-state index contributed by atoms with van der Waals surface area (Å²) in [7, 11) is 5.21. The highest BCUT2D eigenvalue weighted by atomic mass is 35.5. The molecule has 1 saturated heterocycles. The van der Waals surface area contributed by atoms with Gasteiger partial charge < -0.3 is 24.4 Å². The van der Waals surface area contributed by atoms with Gasteiger partial charge in [0.1, 0.15) is 0 Å². The van der Waals surface area contributed by atoms with Crippen molar-refractivity contribution in [1.29, 1.82) is 0 Å². The Morgan fingerprint density at radius 2 is 2.23 bits per heavy atom. The quantitative estimate of drug-likeness (QED) is 0.403. The topological polar surface area (TPSA) is 55.3 Å². The summed E-state index contributed by atoms with van der Waals surface area (Å²) in [5.74, 6) is 1.42. The van der Waals surface area contributed by atoms with Crippen molar-refractivity contribution in [2.45, 2.75) is 12.5 Å². The van der Waals surface area contributed by atoms with Crippen LogP contribution < -0.4 is 5.32 Å². The lowest BCUT2D eigenvalue weighted by molar-refractivity contribution is 0.0536. The maximum atomic E-state index is 6.09. The third-order valence-corrected chi connectivity index (χ3v) is 4.77. The highest BCUT2D eigenvalue weighted by Crippen LogP contribution is 2.20. The highest BCUT2D eigenvalue weighted by Gasteiger charge is 2.25. The van der Waals surface area contributed by atoms with Crippen molar-refractivity contribution in [3.63, 3.8) is 0 Å². The zero-order chi connectivity index (χ0) is 18.8. The van der Waals surface area contributed by atoms with Gasteiger partial charge in [-0.15, -0.1) is 0 Å². The van der Waals surface area contributed by atoms with E-state index in [1.54, 1.807) is 14.2 Å². The van der Waals surface area contributed by atoms with E-state index in [4.69, 9.17) is 25.8 Å². The molecule has 1 heterocycles. The highest BCUT2D eigenvalue weighted by molar-refractivity contribution is 6.30. The standard InChI is InChI=1S/C19H30ClN3O3/c1-21-19(23-8-7-15(13-23)14-26-10-9-24-2)22-12-18(25-3)16-5-4-6-17(20)11-16/h4-6,11,15,18H,7-10,12-14H2,1-3H3,(H,21,22). The molecule has 0 aromatic heterocycles. The minimum Gasteiger partial charge on any atom is -0.382 e. The van der Waals surface area contributed by atoms with Gasteiger partial charge in [-0.05, 0) is 24.1 Å². The Morgan fingerprint density at radius 3 is 2.92 bits per heavy atom. The Kier molecular flexibility index (Phi) is 9.18. The van der Waals surface area contributed by atoms with E-state index in [2.05, 4.69) is 15.2 Å². The van der Waals surface area contributed by atoms with Gasteiger partial charge in [-0.2, -0.15) is 0 Å². The van der Waals surface area contributed by atoms with Crippen LogP contribution in [0.3, 0.4) is 0 Å². The Bertz CT molecular complexity index is 571. The van der Waals surface area contributed by atoms with E-state index in [0.29, 0.717) is 30.7 Å². The van der Waals surface area contributed by atoms with Crippen molar-refractivity contribution in [2.75, 3.05) is 60.7 Å². The third kappa shape index (κ3) is 6.43. The summed E-state index contributed by atoms with van der Waals surface area (Å²) in [6, 6.07) is 7.76. The van der Waals surface area contributed by atoms with Gasteiger partial charge in [0.25, 0.3) is 0 Å². The zero-order valence-corrected chi connectivity index (χ0v) is 16.7. The molecule has 0 saturated carbocycles. The van der Waals surface area contributed by atoms with Gasteiger partial charge >= 0.3 is 0 Å². The average molecular weight is 384 g/mol. The van der Waals surface area contributed by atoms with Crippen molar-refractivity contribution in [1.82, 2.24) is 10.2 Å². The van der Waals surface area contributed by atoms with Gasteiger partial charge in [0.05, 0.1) is 25.9 Å². The van der Waals surface area contributed by atoms with Crippen LogP contribution in [0.1, 0.15) is 18.1 Å². The van der Waals surface area contributed by atoms with Crippen LogP contribution in [0, 0.1) is 5.92 Å². The largest absolute Gasteiger partial charge is 0.382 e. The molecule has 1 aromatic rings. The lowest BCUT2D eigenvalue weighted by Crippen LogP contribution is -2.42. The summed E-state index contributed by atoms with van der Waals surface area (Å²) in [6.07, 6.45) is 1.02. The van der Waals surface area contributed by atoms with Crippen LogP contribution in [0.25, 0.3) is 0 Å². The van der Waals surface area contributed by atoms with Crippen molar-refractivity contribution in [3.8, 4) is 0 Å². The Labute approximate surface area is 161 Å². The minimum atomic E-state index is -0.0822. The van der Waals surface area contributed by atoms with Gasteiger partial charge in [0, 0.05) is 51.8 Å². The van der Waals surface area contributed by atoms with Crippen LogP contribution in [0.15, 0.2) is 29.3 Å². The van der Waals surface area contributed by atoms with Crippen LogP contribution in [0.4, 0.5) is 0 Å². The summed E-state index contributed by atoms with van der Waals surface area (Å²) >= 11 is 6.09. The van der Waals surface area contributed by atoms with E-state index in [-0.39, 0.29) is 6.10 Å². The molecule has 7 heteroatoms. The first-order valence-electron chi connectivity index (χ1n) is 8.98. The fourth-order valence-electron chi connectivity index (χ4n) is 3.11. The third-order valence-electron chi connectivity index (χ3n) is 4.53. The average Bonchev–Trinajstić information content (AvgIpc) is 3.11. The van der Waals surface area contributed by atoms with Crippen LogP contribution in [-0.4, -0.2) is 71.6 Å². The van der Waals surface area contributed by atoms with Crippen molar-refractivity contribution >= 4 is 17.6 Å². The van der Waals surface area contributed by atoms with Gasteiger partial charge in [0.2, 0.25) is 0 Å². The summed E-state index contributed by atoms with van der Waals surface area (Å²) in [4.78, 5) is 6.69. The molecule has 146 valence electrons. The molecule has 2 atom stereocenters. The second-order valence-corrected chi connectivity index (χ2v) is 6.81. The van der Waals surface area contributed by atoms with Crippen LogP contribution >= 0.6 is 11.6 Å². The number of benzene rings is 1. The number of hydrogen-bond donors (Lipinski definition) is 1. The molecule has 0 amide bonds. The molecule has 1 fully saturated rings. The first-order valence-corrected chi connectivity index (χ1v) is 9.36. The molecule has 2 rings (SSSR count). The number of likely N-dealkylation sites (tertiary alicyclic amines) is 1. The molecule has 26 heavy (non-hydrogen) atoms. The summed E-state index contributed by atoms with van der Waals surface area (Å²) in [5, 5.41) is 4.14. The van der Waals surface area contributed by atoms with E-state index in [0.717, 1.165) is 37.6 Å². The monoisotopic (exact) mass is 383 g/mol. The first-order chi connectivity index (χ1) is 12.7. The predicted octanol–water partition coefficient (Wildman–Crippen LogP) is 2.59. The molecule has 1 aliphatic rings. The molecule has 2 unspecified atom stereocenters. The van der Waals surface area contributed by atoms with Crippen LogP contribution in [0.5, 0.6) is 0 Å². The molecular formula is C19H30ClN3O3. The second kappa shape index (κ2) is 11.4. The van der Waals surface area contributed by atoms with E-state index in [1.165, 1.54) is 0 Å². The Balaban J connectivity index is 1.82. The molecule has 6 nitrogen and oxygen atoms in total. The van der Waals surface area contributed by atoms with Gasteiger partial charge in [-0.25, -0.2) is 0 Å². The van der Waals surface area contributed by atoms with Crippen molar-refractivity contribution in [3.05, 3.63) is 34.9 Å². The van der Waals surface area contributed by atoms with Crippen molar-refractivity contribution in [2.24, 2.45) is 10.9 Å². The number of hydrogen-bond acceptors (Lipinski definition) is 4. The maximum Gasteiger partial charge on any atom is 0.193 e. The molecule has 0 spiro atoms. The Hall–Kier alpha value is -1.34. The van der Waals surface area contributed by atoms with Gasteiger partial charge in [-0.3, -0.25) is 4.99 Å². The zero-order valence-electron chi connectivity index (χ0n) is 15.9. The van der Waals surface area contributed by atoms with Gasteiger partial charge in [0.15, 0.2) is 5.96 Å². The summed E-state index contributed by atoms with van der Waals surface area (Å²) < 4.78 is 16.3. The molecule has 1 aliphatic heterocycles. The molecule has 0 radical (unpaired) electrons. The number of ether oxygens (including phenoxy) is 3. The number of nitrogens with one attached hydrogen (secondary N) is 1. The Morgan fingerprint density at radius 1 is 1.38 bits per heavy atom. The lowest BCUT2D eigenvalue weighted by Gasteiger charge is -2.24. The van der Waals surface area contributed by atoms with E-state index in [1.807, 2.05) is 31.3 Å². The van der Waals surface area contributed by atoms with Crippen LogP contribution in [-0.2, 0) is 14.2 Å². The number of aliphatic imine (C=N–C) groups is 1. The molecule has 1 N–H and O–H groups in total.